The minimum absolute atomic E-state index is 1.15. The van der Waals surface area contributed by atoms with Crippen LogP contribution in [0.25, 0.3) is 0 Å². The van der Waals surface area contributed by atoms with Crippen LogP contribution in [0.2, 0.25) is 0 Å². The Hall–Kier alpha value is -1.30. The second-order valence-electron chi connectivity index (χ2n) is 4.72. The molecule has 0 aliphatic carbocycles. The molecule has 0 nitrogen and oxygen atoms in total. The minimum Gasteiger partial charge on any atom is -0.0917 e. The van der Waals surface area contributed by atoms with Crippen LogP contribution in [0.3, 0.4) is 0 Å². The minimum atomic E-state index is 1.15. The predicted octanol–water partition coefficient (Wildman–Crippen LogP) is 5.48. The molecule has 0 heterocycles. The first-order valence-corrected chi connectivity index (χ1v) is 7.20. The number of hydrogen-bond acceptors (Lipinski definition) is 0. The normalized spacial score (nSPS) is 11.7. The highest BCUT2D eigenvalue weighted by Crippen LogP contribution is 2.09. The summed E-state index contributed by atoms with van der Waals surface area (Å²) in [6.07, 6.45) is 16.0. The topological polar surface area (TPSA) is 0 Å². The van der Waals surface area contributed by atoms with Gasteiger partial charge in [0.2, 0.25) is 0 Å². The predicted molar refractivity (Wildman–Crippen MR) is 81.9 cm³/mol. The van der Waals surface area contributed by atoms with E-state index in [4.69, 9.17) is 0 Å². The van der Waals surface area contributed by atoms with E-state index in [1.807, 2.05) is 0 Å². The van der Waals surface area contributed by atoms with E-state index in [0.29, 0.717) is 0 Å². The van der Waals surface area contributed by atoms with E-state index in [1.165, 1.54) is 24.0 Å². The van der Waals surface area contributed by atoms with Crippen molar-refractivity contribution >= 4 is 0 Å². The van der Waals surface area contributed by atoms with Gasteiger partial charge in [-0.2, -0.15) is 0 Å². The molecule has 0 heteroatoms. The van der Waals surface area contributed by atoms with Crippen LogP contribution in [0.15, 0.2) is 48.6 Å². The standard InChI is InChI=1S/C18H26/c1-3-5-7-8-10-12-18-15-13-17(14-16-18)11-9-6-4-2/h4,6-8,13-16H,3,5,9-12H2,1-2H3. The Balaban J connectivity index is 2.31. The molecule has 0 bridgehead atoms. The monoisotopic (exact) mass is 242 g/mol. The van der Waals surface area contributed by atoms with Gasteiger partial charge in [0.15, 0.2) is 0 Å². The zero-order valence-corrected chi connectivity index (χ0v) is 11.9. The molecule has 1 aromatic carbocycles. The van der Waals surface area contributed by atoms with Crippen LogP contribution in [-0.2, 0) is 12.8 Å². The molecule has 98 valence electrons. The van der Waals surface area contributed by atoms with Gasteiger partial charge in [-0.15, -0.1) is 0 Å². The smallest absolute Gasteiger partial charge is 0.0244 e. The van der Waals surface area contributed by atoms with Crippen molar-refractivity contribution < 1.29 is 0 Å². The Labute approximate surface area is 112 Å². The molecule has 0 fully saturated rings. The third-order valence-corrected chi connectivity index (χ3v) is 3.08. The van der Waals surface area contributed by atoms with Gasteiger partial charge in [-0.05, 0) is 50.2 Å². The molecule has 0 saturated heterocycles. The number of aryl methyl sites for hydroxylation is 2. The second-order valence-corrected chi connectivity index (χ2v) is 4.72. The van der Waals surface area contributed by atoms with E-state index in [0.717, 1.165) is 25.7 Å². The fourth-order valence-electron chi connectivity index (χ4n) is 1.94. The third-order valence-electron chi connectivity index (χ3n) is 3.08. The largest absolute Gasteiger partial charge is 0.0917 e. The van der Waals surface area contributed by atoms with Crippen LogP contribution >= 0.6 is 0 Å². The van der Waals surface area contributed by atoms with Gasteiger partial charge in [0.05, 0.1) is 0 Å². The maximum Gasteiger partial charge on any atom is -0.0244 e. The fourth-order valence-corrected chi connectivity index (χ4v) is 1.94. The van der Waals surface area contributed by atoms with Crippen molar-refractivity contribution in [2.75, 3.05) is 0 Å². The van der Waals surface area contributed by atoms with E-state index in [2.05, 4.69) is 62.4 Å². The number of rotatable bonds is 8. The first-order valence-electron chi connectivity index (χ1n) is 7.20. The summed E-state index contributed by atoms with van der Waals surface area (Å²) in [7, 11) is 0. The molecule has 0 saturated carbocycles. The summed E-state index contributed by atoms with van der Waals surface area (Å²) in [5.41, 5.74) is 2.89. The van der Waals surface area contributed by atoms with Gasteiger partial charge in [-0.1, -0.05) is 61.9 Å². The fraction of sp³-hybridized carbons (Fsp3) is 0.444. The van der Waals surface area contributed by atoms with Crippen molar-refractivity contribution in [3.63, 3.8) is 0 Å². The van der Waals surface area contributed by atoms with Crippen LogP contribution in [0.4, 0.5) is 0 Å². The van der Waals surface area contributed by atoms with Crippen LogP contribution < -0.4 is 0 Å². The summed E-state index contributed by atoms with van der Waals surface area (Å²) in [4.78, 5) is 0. The lowest BCUT2D eigenvalue weighted by atomic mass is 10.0. The maximum absolute atomic E-state index is 2.31. The summed E-state index contributed by atoms with van der Waals surface area (Å²) >= 11 is 0. The molecular formula is C18H26. The summed E-state index contributed by atoms with van der Waals surface area (Å²) in [6.45, 7) is 4.30. The molecule has 0 N–H and O–H groups in total. The molecular weight excluding hydrogens is 216 g/mol. The van der Waals surface area contributed by atoms with Crippen molar-refractivity contribution in [2.45, 2.75) is 52.4 Å². The zero-order chi connectivity index (χ0) is 13.1. The molecule has 0 atom stereocenters. The van der Waals surface area contributed by atoms with Gasteiger partial charge in [-0.3, -0.25) is 0 Å². The van der Waals surface area contributed by atoms with Crippen LogP contribution in [0, 0.1) is 0 Å². The van der Waals surface area contributed by atoms with Crippen molar-refractivity contribution in [1.29, 1.82) is 0 Å². The molecule has 0 unspecified atom stereocenters. The highest BCUT2D eigenvalue weighted by atomic mass is 14.0. The van der Waals surface area contributed by atoms with E-state index < -0.39 is 0 Å². The molecule has 18 heavy (non-hydrogen) atoms. The van der Waals surface area contributed by atoms with Gasteiger partial charge in [-0.25, -0.2) is 0 Å². The molecule has 0 aliphatic heterocycles. The van der Waals surface area contributed by atoms with Crippen molar-refractivity contribution in [1.82, 2.24) is 0 Å². The number of hydrogen-bond donors (Lipinski definition) is 0. The maximum atomic E-state index is 2.31. The van der Waals surface area contributed by atoms with Crippen LogP contribution in [-0.4, -0.2) is 0 Å². The Morgan fingerprint density at radius 2 is 1.28 bits per heavy atom. The molecule has 0 radical (unpaired) electrons. The highest BCUT2D eigenvalue weighted by Gasteiger charge is 1.93. The SMILES string of the molecule is CC=CCCc1ccc(CCC=CCCC)cc1. The lowest BCUT2D eigenvalue weighted by molar-refractivity contribution is 0.934. The van der Waals surface area contributed by atoms with Crippen molar-refractivity contribution in [3.05, 3.63) is 59.7 Å². The van der Waals surface area contributed by atoms with Gasteiger partial charge in [0.25, 0.3) is 0 Å². The Bertz CT molecular complexity index is 354. The number of benzene rings is 1. The molecule has 0 amide bonds. The van der Waals surface area contributed by atoms with E-state index in [1.54, 1.807) is 0 Å². The van der Waals surface area contributed by atoms with E-state index in [-0.39, 0.29) is 0 Å². The average Bonchev–Trinajstić information content (AvgIpc) is 2.40. The van der Waals surface area contributed by atoms with Crippen LogP contribution in [0.1, 0.15) is 50.7 Å². The summed E-state index contributed by atoms with van der Waals surface area (Å²) in [6, 6.07) is 9.10. The first kappa shape index (κ1) is 14.8. The summed E-state index contributed by atoms with van der Waals surface area (Å²) in [5.74, 6) is 0. The Morgan fingerprint density at radius 3 is 1.78 bits per heavy atom. The Kier molecular flexibility index (Phi) is 7.96. The number of unbranched alkanes of at least 4 members (excludes halogenated alkanes) is 1. The van der Waals surface area contributed by atoms with E-state index >= 15 is 0 Å². The third kappa shape index (κ3) is 6.44. The molecule has 1 aromatic rings. The van der Waals surface area contributed by atoms with Crippen molar-refractivity contribution in [2.24, 2.45) is 0 Å². The lowest BCUT2D eigenvalue weighted by Gasteiger charge is -2.02. The molecule has 0 spiro atoms. The Morgan fingerprint density at radius 1 is 0.778 bits per heavy atom. The van der Waals surface area contributed by atoms with Crippen LogP contribution in [0.5, 0.6) is 0 Å². The van der Waals surface area contributed by atoms with Gasteiger partial charge in [0.1, 0.15) is 0 Å². The molecule has 0 aliphatic rings. The molecule has 1 rings (SSSR count). The van der Waals surface area contributed by atoms with Gasteiger partial charge in [0, 0.05) is 0 Å². The summed E-state index contributed by atoms with van der Waals surface area (Å²) in [5, 5.41) is 0. The van der Waals surface area contributed by atoms with Crippen molar-refractivity contribution in [3.8, 4) is 0 Å². The lowest BCUT2D eigenvalue weighted by Crippen LogP contribution is -1.87. The first-order chi connectivity index (χ1) is 8.86. The van der Waals surface area contributed by atoms with E-state index in [9.17, 15) is 0 Å². The average molecular weight is 242 g/mol. The quantitative estimate of drug-likeness (QED) is 0.529. The summed E-state index contributed by atoms with van der Waals surface area (Å²) < 4.78 is 0. The second kappa shape index (κ2) is 9.70. The zero-order valence-electron chi connectivity index (χ0n) is 11.9. The highest BCUT2D eigenvalue weighted by molar-refractivity contribution is 5.23. The van der Waals surface area contributed by atoms with Gasteiger partial charge < -0.3 is 0 Å². The molecule has 0 aromatic heterocycles. The number of allylic oxidation sites excluding steroid dienone is 4. The van der Waals surface area contributed by atoms with Gasteiger partial charge >= 0.3 is 0 Å².